The monoisotopic (exact) mass is 563 g/mol. The summed E-state index contributed by atoms with van der Waals surface area (Å²) in [5, 5.41) is 5.60. The van der Waals surface area contributed by atoms with Crippen molar-refractivity contribution in [3.63, 3.8) is 0 Å². The first-order valence-electron chi connectivity index (χ1n) is 16.1. The molecule has 4 rings (SSSR count). The molecule has 0 unspecified atom stereocenters. The Bertz CT molecular complexity index is 1440. The van der Waals surface area contributed by atoms with E-state index in [1.807, 2.05) is 0 Å². The van der Waals surface area contributed by atoms with E-state index in [1.54, 1.807) is 0 Å². The van der Waals surface area contributed by atoms with E-state index in [4.69, 9.17) is 5.32 Å². The summed E-state index contributed by atoms with van der Waals surface area (Å²) in [6.45, 7) is 27.5. The third-order valence-electron chi connectivity index (χ3n) is 8.49. The van der Waals surface area contributed by atoms with Gasteiger partial charge in [-0.1, -0.05) is 138 Å². The van der Waals surface area contributed by atoms with E-state index in [-0.39, 0.29) is 0 Å². The average molecular weight is 564 g/mol. The quantitative estimate of drug-likeness (QED) is 0.171. The van der Waals surface area contributed by atoms with Crippen molar-refractivity contribution >= 4 is 11.5 Å². The van der Waals surface area contributed by atoms with Crippen LogP contribution < -0.4 is 4.57 Å². The Morgan fingerprint density at radius 3 is 1.24 bits per heavy atom. The van der Waals surface area contributed by atoms with Crippen molar-refractivity contribution in [2.24, 2.45) is 0 Å². The summed E-state index contributed by atoms with van der Waals surface area (Å²) in [5.74, 6) is 3.28. The normalized spacial score (nSPS) is 12.1. The first-order valence-corrected chi connectivity index (χ1v) is 16.1. The summed E-state index contributed by atoms with van der Waals surface area (Å²) >= 11 is 0. The summed E-state index contributed by atoms with van der Waals surface area (Å²) in [7, 11) is 0. The minimum absolute atomic E-state index is 0.376. The molecule has 0 saturated carbocycles. The molecule has 0 radical (unpaired) electrons. The number of hydrogen-bond acceptors (Lipinski definition) is 0. The van der Waals surface area contributed by atoms with E-state index in [2.05, 4.69) is 159 Å². The predicted octanol–water partition coefficient (Wildman–Crippen LogP) is 11.8. The van der Waals surface area contributed by atoms with Gasteiger partial charge >= 0.3 is 0 Å². The van der Waals surface area contributed by atoms with Crippen molar-refractivity contribution in [1.82, 2.24) is 4.57 Å². The molecule has 0 aliphatic heterocycles. The number of benzene rings is 3. The summed E-state index contributed by atoms with van der Waals surface area (Å²) in [4.78, 5) is 0. The lowest BCUT2D eigenvalue weighted by Crippen LogP contribution is -2.32. The second-order valence-corrected chi connectivity index (χ2v) is 13.8. The Balaban J connectivity index is 2.11. The zero-order chi connectivity index (χ0) is 30.9. The topological polar surface area (TPSA) is 22.9 Å². The van der Waals surface area contributed by atoms with Gasteiger partial charge in [0.2, 0.25) is 0 Å². The molecule has 3 nitrogen and oxygen atoms in total. The second-order valence-electron chi connectivity index (χ2n) is 13.8. The van der Waals surface area contributed by atoms with E-state index in [9.17, 15) is 0 Å². The smallest absolute Gasteiger partial charge is 0.254 e. The van der Waals surface area contributed by atoms with Crippen LogP contribution in [-0.4, -0.2) is 4.57 Å². The Kier molecular flexibility index (Phi) is 9.70. The molecule has 0 aliphatic carbocycles. The summed E-state index contributed by atoms with van der Waals surface area (Å²) in [5.41, 5.74) is 11.7. The van der Waals surface area contributed by atoms with Crippen LogP contribution in [0.15, 0.2) is 67.1 Å². The molecule has 224 valence electrons. The van der Waals surface area contributed by atoms with Crippen LogP contribution in [-0.2, 0) is 0 Å². The molecule has 0 spiro atoms. The highest BCUT2D eigenvalue weighted by molar-refractivity contribution is 5.73. The summed E-state index contributed by atoms with van der Waals surface area (Å²) in [6, 6.07) is 20.3. The van der Waals surface area contributed by atoms with E-state index >= 15 is 0 Å². The van der Waals surface area contributed by atoms with Crippen molar-refractivity contribution in [2.75, 3.05) is 0 Å². The first kappa shape index (κ1) is 31.6. The average Bonchev–Trinajstić information content (AvgIpc) is 3.34. The highest BCUT2D eigenvalue weighted by Crippen LogP contribution is 2.44. The predicted molar refractivity (Wildman–Crippen MR) is 181 cm³/mol. The number of aromatic nitrogens is 2. The molecule has 1 aromatic heterocycles. The van der Waals surface area contributed by atoms with E-state index in [1.165, 1.54) is 44.8 Å². The lowest BCUT2D eigenvalue weighted by Gasteiger charge is -2.24. The van der Waals surface area contributed by atoms with Gasteiger partial charge < -0.3 is 5.32 Å². The van der Waals surface area contributed by atoms with Crippen molar-refractivity contribution in [3.8, 4) is 11.4 Å². The van der Waals surface area contributed by atoms with Gasteiger partial charge in [-0.2, -0.15) is 4.57 Å². The number of para-hydroxylation sites is 3. The SMILES string of the molecule is CC(C)c1cccc(C(C)C)c1[N-]c1c[n+](-c2c(C(C)C)cccc2C(C)C)cn1-c1c(C(C)C)cccc1C(C)C. The maximum absolute atomic E-state index is 5.60. The maximum Gasteiger partial charge on any atom is 0.254 e. The molecule has 0 bridgehead atoms. The van der Waals surface area contributed by atoms with Gasteiger partial charge in [0.15, 0.2) is 5.82 Å². The molecule has 0 amide bonds. The number of nitrogens with zero attached hydrogens (tertiary/aromatic N) is 3. The van der Waals surface area contributed by atoms with Crippen LogP contribution in [0.1, 0.15) is 152 Å². The molecule has 3 aromatic carbocycles. The van der Waals surface area contributed by atoms with Crippen LogP contribution in [0.4, 0.5) is 11.5 Å². The first-order chi connectivity index (χ1) is 19.8. The number of hydrogen-bond donors (Lipinski definition) is 0. The minimum atomic E-state index is 0.376. The summed E-state index contributed by atoms with van der Waals surface area (Å²) in [6.07, 6.45) is 4.57. The highest BCUT2D eigenvalue weighted by atomic mass is 15.2. The van der Waals surface area contributed by atoms with Gasteiger partial charge in [-0.05, 0) is 52.3 Å². The molecule has 1 heterocycles. The molecule has 4 aromatic rings. The fraction of sp³-hybridized carbons (Fsp3) is 0.462. The standard InChI is InChI=1S/C39H53N3/c1-24(2)30-16-13-17-31(25(3)4)37(30)40-36-22-41(38-32(26(5)6)18-14-19-33(38)27(7)8)23-42(36)39-34(28(9)10)20-15-21-35(39)29(11)12/h13-29H,1-12H3. The molecular formula is C39H53N3. The van der Waals surface area contributed by atoms with Gasteiger partial charge in [-0.3, -0.25) is 0 Å². The second kappa shape index (κ2) is 12.9. The number of imidazole rings is 1. The lowest BCUT2D eigenvalue weighted by atomic mass is 9.92. The maximum atomic E-state index is 5.60. The fourth-order valence-electron chi connectivity index (χ4n) is 6.14. The van der Waals surface area contributed by atoms with Crippen LogP contribution in [0.5, 0.6) is 0 Å². The van der Waals surface area contributed by atoms with E-state index < -0.39 is 0 Å². The third-order valence-corrected chi connectivity index (χ3v) is 8.49. The molecule has 42 heavy (non-hydrogen) atoms. The number of rotatable bonds is 10. The van der Waals surface area contributed by atoms with Crippen molar-refractivity contribution < 1.29 is 4.57 Å². The van der Waals surface area contributed by atoms with Crippen LogP contribution in [0.25, 0.3) is 16.7 Å². The Hall–Kier alpha value is -3.33. The van der Waals surface area contributed by atoms with Crippen LogP contribution in [0, 0.1) is 0 Å². The van der Waals surface area contributed by atoms with Gasteiger partial charge in [0, 0.05) is 22.3 Å². The van der Waals surface area contributed by atoms with Gasteiger partial charge in [0.05, 0.1) is 0 Å². The highest BCUT2D eigenvalue weighted by Gasteiger charge is 2.27. The molecule has 0 N–H and O–H groups in total. The summed E-state index contributed by atoms with van der Waals surface area (Å²) < 4.78 is 4.74. The van der Waals surface area contributed by atoms with Crippen LogP contribution >= 0.6 is 0 Å². The Morgan fingerprint density at radius 1 is 0.500 bits per heavy atom. The van der Waals surface area contributed by atoms with Crippen LogP contribution in [0.2, 0.25) is 0 Å². The molecule has 0 saturated heterocycles. The lowest BCUT2D eigenvalue weighted by molar-refractivity contribution is -0.595. The van der Waals surface area contributed by atoms with Crippen LogP contribution in [0.3, 0.4) is 0 Å². The Labute approximate surface area is 256 Å². The van der Waals surface area contributed by atoms with Crippen molar-refractivity contribution in [1.29, 1.82) is 0 Å². The molecule has 3 heteroatoms. The van der Waals surface area contributed by atoms with Gasteiger partial charge in [-0.15, -0.1) is 0 Å². The fourth-order valence-corrected chi connectivity index (χ4v) is 6.14. The van der Waals surface area contributed by atoms with E-state index in [0.29, 0.717) is 35.5 Å². The zero-order valence-corrected chi connectivity index (χ0v) is 28.2. The van der Waals surface area contributed by atoms with Gasteiger partial charge in [-0.25, -0.2) is 4.57 Å². The van der Waals surface area contributed by atoms with Crippen molar-refractivity contribution in [3.05, 3.63) is 106 Å². The van der Waals surface area contributed by atoms with Gasteiger partial charge in [0.25, 0.3) is 6.33 Å². The van der Waals surface area contributed by atoms with Crippen molar-refractivity contribution in [2.45, 2.75) is 119 Å². The molecular weight excluding hydrogens is 510 g/mol. The molecule has 0 aliphatic rings. The zero-order valence-electron chi connectivity index (χ0n) is 28.2. The largest absolute Gasteiger partial charge is 0.393 e. The molecule has 0 fully saturated rings. The van der Waals surface area contributed by atoms with E-state index in [0.717, 1.165) is 11.5 Å². The minimum Gasteiger partial charge on any atom is -0.393 e. The Morgan fingerprint density at radius 2 is 0.857 bits per heavy atom. The van der Waals surface area contributed by atoms with Gasteiger partial charge in [0.1, 0.15) is 17.6 Å². The molecule has 0 atom stereocenters. The third kappa shape index (κ3) is 6.21.